The number of methoxy groups -OCH3 is 1. The Bertz CT molecular complexity index is 458. The second-order valence-electron chi connectivity index (χ2n) is 5.45. The number of hydrogen-bond acceptors (Lipinski definition) is 4. The van der Waals surface area contributed by atoms with Crippen LogP contribution in [0.25, 0.3) is 0 Å². The smallest absolute Gasteiger partial charge is 0.410 e. The summed E-state index contributed by atoms with van der Waals surface area (Å²) in [5.41, 5.74) is 1.21. The van der Waals surface area contributed by atoms with Gasteiger partial charge >= 0.3 is 6.09 Å². The second-order valence-corrected chi connectivity index (χ2v) is 5.45. The van der Waals surface area contributed by atoms with Crippen LogP contribution in [-0.2, 0) is 15.9 Å². The third-order valence-corrected chi connectivity index (χ3v) is 3.48. The van der Waals surface area contributed by atoms with Crippen molar-refractivity contribution >= 4 is 6.09 Å². The van der Waals surface area contributed by atoms with E-state index in [1.807, 2.05) is 38.1 Å². The van der Waals surface area contributed by atoms with Gasteiger partial charge in [-0.1, -0.05) is 12.1 Å². The predicted molar refractivity (Wildman–Crippen MR) is 79.6 cm³/mol. The third-order valence-electron chi connectivity index (χ3n) is 3.48. The minimum absolute atomic E-state index is 0.155. The van der Waals surface area contributed by atoms with E-state index in [2.05, 4.69) is 0 Å². The van der Waals surface area contributed by atoms with Crippen LogP contribution < -0.4 is 4.74 Å². The molecular formula is C16H23NO4. The molecule has 1 aromatic carbocycles. The van der Waals surface area contributed by atoms with Crippen molar-refractivity contribution in [3.8, 4) is 5.75 Å². The van der Waals surface area contributed by atoms with Crippen molar-refractivity contribution in [3.63, 3.8) is 0 Å². The van der Waals surface area contributed by atoms with Gasteiger partial charge in [0.25, 0.3) is 0 Å². The molecule has 5 nitrogen and oxygen atoms in total. The Morgan fingerprint density at radius 1 is 1.33 bits per heavy atom. The molecule has 116 valence electrons. The molecule has 1 amide bonds. The van der Waals surface area contributed by atoms with Crippen molar-refractivity contribution in [2.24, 2.45) is 0 Å². The van der Waals surface area contributed by atoms with Crippen molar-refractivity contribution < 1.29 is 19.0 Å². The topological polar surface area (TPSA) is 48.0 Å². The van der Waals surface area contributed by atoms with E-state index in [4.69, 9.17) is 14.2 Å². The van der Waals surface area contributed by atoms with Crippen molar-refractivity contribution in [2.45, 2.75) is 32.4 Å². The van der Waals surface area contributed by atoms with Gasteiger partial charge in [-0.25, -0.2) is 4.79 Å². The molecule has 1 fully saturated rings. The first-order chi connectivity index (χ1) is 10.1. The molecule has 1 heterocycles. The third kappa shape index (κ3) is 4.36. The lowest BCUT2D eigenvalue weighted by Crippen LogP contribution is -2.32. The number of hydrogen-bond donors (Lipinski definition) is 0. The largest absolute Gasteiger partial charge is 0.490 e. The molecule has 0 N–H and O–H groups in total. The molecule has 1 aliphatic rings. The van der Waals surface area contributed by atoms with Gasteiger partial charge in [-0.05, 0) is 38.0 Å². The lowest BCUT2D eigenvalue weighted by Gasteiger charge is -2.16. The van der Waals surface area contributed by atoms with Crippen LogP contribution in [0.3, 0.4) is 0 Å². The fourth-order valence-corrected chi connectivity index (χ4v) is 2.21. The minimum Gasteiger partial charge on any atom is -0.490 e. The molecule has 0 radical (unpaired) electrons. The average Bonchev–Trinajstić information content (AvgIpc) is 2.85. The monoisotopic (exact) mass is 293 g/mol. The highest BCUT2D eigenvalue weighted by Crippen LogP contribution is 2.17. The van der Waals surface area contributed by atoms with Gasteiger partial charge in [0.05, 0.1) is 13.2 Å². The fraction of sp³-hybridized carbons (Fsp3) is 0.562. The Hall–Kier alpha value is -1.75. The molecule has 5 heteroatoms. The zero-order chi connectivity index (χ0) is 15.2. The van der Waals surface area contributed by atoms with Crippen LogP contribution in [0, 0.1) is 0 Å². The highest BCUT2D eigenvalue weighted by atomic mass is 16.6. The van der Waals surface area contributed by atoms with Crippen LogP contribution in [-0.4, -0.2) is 50.0 Å². The molecule has 0 spiro atoms. The Kier molecular flexibility index (Phi) is 5.44. The number of nitrogens with zero attached hydrogens (tertiary/aromatic N) is 1. The lowest BCUT2D eigenvalue weighted by molar-refractivity contribution is 0.102. The van der Waals surface area contributed by atoms with Gasteiger partial charge in [0.1, 0.15) is 12.4 Å². The minimum atomic E-state index is -0.256. The standard InChI is InChI=1S/C16H23NO4/c1-12(2)17-10-15(21-16(17)18)11-20-14-6-4-13(5-7-14)8-9-19-3/h4-7,12,15H,8-11H2,1-3H3/t15-/m1/s1. The number of cyclic esters (lactones) is 1. The fourth-order valence-electron chi connectivity index (χ4n) is 2.21. The summed E-state index contributed by atoms with van der Waals surface area (Å²) in [6, 6.07) is 8.07. The first kappa shape index (κ1) is 15.6. The maximum Gasteiger partial charge on any atom is 0.410 e. The van der Waals surface area contributed by atoms with E-state index in [0.717, 1.165) is 12.2 Å². The van der Waals surface area contributed by atoms with Crippen LogP contribution in [0.15, 0.2) is 24.3 Å². The van der Waals surface area contributed by atoms with Crippen LogP contribution in [0.5, 0.6) is 5.75 Å². The SMILES string of the molecule is COCCc1ccc(OC[C@H]2CN(C(C)C)C(=O)O2)cc1. The molecule has 0 aromatic heterocycles. The summed E-state index contributed by atoms with van der Waals surface area (Å²) < 4.78 is 16.0. The van der Waals surface area contributed by atoms with Gasteiger partial charge in [0.2, 0.25) is 0 Å². The summed E-state index contributed by atoms with van der Waals surface area (Å²) in [6.07, 6.45) is 0.432. The molecule has 1 atom stereocenters. The first-order valence-corrected chi connectivity index (χ1v) is 7.28. The molecule has 0 aliphatic carbocycles. The number of benzene rings is 1. The molecule has 0 unspecified atom stereocenters. The van der Waals surface area contributed by atoms with E-state index >= 15 is 0 Å². The summed E-state index contributed by atoms with van der Waals surface area (Å²) >= 11 is 0. The lowest BCUT2D eigenvalue weighted by atomic mass is 10.1. The zero-order valence-corrected chi connectivity index (χ0v) is 12.9. The normalized spacial score (nSPS) is 18.2. The van der Waals surface area contributed by atoms with Gasteiger partial charge in [-0.2, -0.15) is 0 Å². The summed E-state index contributed by atoms with van der Waals surface area (Å²) in [5, 5.41) is 0. The summed E-state index contributed by atoms with van der Waals surface area (Å²) in [7, 11) is 1.70. The maximum atomic E-state index is 11.6. The maximum absolute atomic E-state index is 11.6. The summed E-state index contributed by atoms with van der Waals surface area (Å²) in [5.74, 6) is 0.787. The first-order valence-electron chi connectivity index (χ1n) is 7.28. The summed E-state index contributed by atoms with van der Waals surface area (Å²) in [6.45, 7) is 5.63. The Morgan fingerprint density at radius 2 is 2.05 bits per heavy atom. The van der Waals surface area contributed by atoms with E-state index in [9.17, 15) is 4.79 Å². The van der Waals surface area contributed by atoms with Gasteiger partial charge in [0.15, 0.2) is 6.10 Å². The van der Waals surface area contributed by atoms with Gasteiger partial charge in [-0.3, -0.25) is 0 Å². The molecule has 2 rings (SSSR count). The number of amides is 1. The van der Waals surface area contributed by atoms with Crippen LogP contribution in [0.1, 0.15) is 19.4 Å². The molecule has 1 aliphatic heterocycles. The molecule has 0 bridgehead atoms. The molecule has 1 saturated heterocycles. The summed E-state index contributed by atoms with van der Waals surface area (Å²) in [4.78, 5) is 13.3. The van der Waals surface area contributed by atoms with E-state index in [1.54, 1.807) is 12.0 Å². The number of carbonyl (C=O) groups is 1. The number of ether oxygens (including phenoxy) is 3. The van der Waals surface area contributed by atoms with E-state index in [1.165, 1.54) is 5.56 Å². The number of rotatable bonds is 7. The average molecular weight is 293 g/mol. The zero-order valence-electron chi connectivity index (χ0n) is 12.9. The highest BCUT2D eigenvalue weighted by molar-refractivity contribution is 5.70. The van der Waals surface area contributed by atoms with Crippen LogP contribution >= 0.6 is 0 Å². The predicted octanol–water partition coefficient (Wildman–Crippen LogP) is 2.48. The van der Waals surface area contributed by atoms with Gasteiger partial charge in [-0.15, -0.1) is 0 Å². The van der Waals surface area contributed by atoms with E-state index in [0.29, 0.717) is 19.8 Å². The van der Waals surface area contributed by atoms with Crippen LogP contribution in [0.2, 0.25) is 0 Å². The molecular weight excluding hydrogens is 270 g/mol. The quantitative estimate of drug-likeness (QED) is 0.775. The van der Waals surface area contributed by atoms with Gasteiger partial charge < -0.3 is 19.1 Å². The Balaban J connectivity index is 1.79. The van der Waals surface area contributed by atoms with E-state index in [-0.39, 0.29) is 18.2 Å². The molecule has 0 saturated carbocycles. The van der Waals surface area contributed by atoms with Gasteiger partial charge in [0, 0.05) is 13.2 Å². The Morgan fingerprint density at radius 3 is 2.62 bits per heavy atom. The van der Waals surface area contributed by atoms with Crippen molar-refractivity contribution in [3.05, 3.63) is 29.8 Å². The molecule has 21 heavy (non-hydrogen) atoms. The highest BCUT2D eigenvalue weighted by Gasteiger charge is 2.33. The van der Waals surface area contributed by atoms with Crippen LogP contribution in [0.4, 0.5) is 4.79 Å². The van der Waals surface area contributed by atoms with Crippen molar-refractivity contribution in [1.82, 2.24) is 4.90 Å². The van der Waals surface area contributed by atoms with Crippen molar-refractivity contribution in [2.75, 3.05) is 26.9 Å². The molecule has 1 aromatic rings. The second kappa shape index (κ2) is 7.31. The van der Waals surface area contributed by atoms with E-state index < -0.39 is 0 Å². The Labute approximate surface area is 125 Å². The van der Waals surface area contributed by atoms with Crippen molar-refractivity contribution in [1.29, 1.82) is 0 Å². The number of carbonyl (C=O) groups excluding carboxylic acids is 1.